The lowest BCUT2D eigenvalue weighted by Crippen LogP contribution is -2.24. The van der Waals surface area contributed by atoms with Gasteiger partial charge in [-0.05, 0) is 0 Å². The number of nitrogens with two attached hydrogens (primary N) is 1. The van der Waals surface area contributed by atoms with E-state index in [9.17, 15) is 4.79 Å². The van der Waals surface area contributed by atoms with Crippen LogP contribution in [0.1, 0.15) is 6.42 Å². The molecular weight excluding hydrogens is 274 g/mol. The summed E-state index contributed by atoms with van der Waals surface area (Å²) >= 11 is 0. The van der Waals surface area contributed by atoms with Gasteiger partial charge in [-0.1, -0.05) is 0 Å². The highest BCUT2D eigenvalue weighted by Gasteiger charge is 2.08. The third kappa shape index (κ3) is 3.86. The molecule has 0 aliphatic rings. The highest BCUT2D eigenvalue weighted by Crippen LogP contribution is 2.08. The number of nitrogens with one attached hydrogen (secondary N) is 2. The topological polar surface area (TPSA) is 127 Å². The lowest BCUT2D eigenvalue weighted by molar-refractivity contribution is -0.128. The SMILES string of the molecule is CN(C)C(=O)CCNc1nc(NN)nc(-n2ccnc2)n1. The number of amides is 1. The lowest BCUT2D eigenvalue weighted by Gasteiger charge is -2.11. The number of anilines is 2. The number of hydrazine groups is 1. The zero-order valence-corrected chi connectivity index (χ0v) is 11.8. The van der Waals surface area contributed by atoms with Crippen molar-refractivity contribution in [1.82, 2.24) is 29.4 Å². The van der Waals surface area contributed by atoms with Crippen LogP contribution in [0, 0.1) is 0 Å². The summed E-state index contributed by atoms with van der Waals surface area (Å²) in [4.78, 5) is 29.4. The Hall–Kier alpha value is -2.75. The summed E-state index contributed by atoms with van der Waals surface area (Å²) < 4.78 is 1.62. The van der Waals surface area contributed by atoms with Gasteiger partial charge in [0.1, 0.15) is 6.33 Å². The molecule has 10 nitrogen and oxygen atoms in total. The predicted molar refractivity (Wildman–Crippen MR) is 76.6 cm³/mol. The van der Waals surface area contributed by atoms with Gasteiger partial charge in [-0.2, -0.15) is 15.0 Å². The molecule has 0 aliphatic carbocycles. The number of carbonyl (C=O) groups excluding carboxylic acids is 1. The van der Waals surface area contributed by atoms with E-state index in [0.717, 1.165) is 0 Å². The van der Waals surface area contributed by atoms with Gasteiger partial charge < -0.3 is 10.2 Å². The Kier molecular flexibility index (Phi) is 4.61. The smallest absolute Gasteiger partial charge is 0.243 e. The molecule has 0 radical (unpaired) electrons. The molecule has 2 aromatic rings. The number of nitrogen functional groups attached to an aromatic ring is 1. The zero-order chi connectivity index (χ0) is 15.2. The molecule has 2 rings (SSSR count). The van der Waals surface area contributed by atoms with Crippen molar-refractivity contribution in [3.05, 3.63) is 18.7 Å². The molecule has 0 fully saturated rings. The van der Waals surface area contributed by atoms with Crippen LogP contribution in [0.25, 0.3) is 5.95 Å². The number of aromatic nitrogens is 5. The third-order valence-corrected chi connectivity index (χ3v) is 2.61. The highest BCUT2D eigenvalue weighted by atomic mass is 16.2. The molecule has 0 aliphatic heterocycles. The Morgan fingerprint density at radius 1 is 1.33 bits per heavy atom. The maximum absolute atomic E-state index is 11.5. The van der Waals surface area contributed by atoms with Crippen molar-refractivity contribution in [3.63, 3.8) is 0 Å². The Morgan fingerprint density at radius 3 is 2.71 bits per heavy atom. The number of rotatable bonds is 6. The minimum atomic E-state index is 0.0172. The van der Waals surface area contributed by atoms with Gasteiger partial charge in [-0.3, -0.25) is 14.8 Å². The largest absolute Gasteiger partial charge is 0.354 e. The molecule has 0 spiro atoms. The summed E-state index contributed by atoms with van der Waals surface area (Å²) in [5.41, 5.74) is 2.38. The first kappa shape index (κ1) is 14.7. The minimum Gasteiger partial charge on any atom is -0.354 e. The molecule has 21 heavy (non-hydrogen) atoms. The predicted octanol–water partition coefficient (Wildman–Crippen LogP) is -0.767. The van der Waals surface area contributed by atoms with Gasteiger partial charge in [0.05, 0.1) is 0 Å². The first-order valence-electron chi connectivity index (χ1n) is 6.25. The van der Waals surface area contributed by atoms with Gasteiger partial charge in [0.25, 0.3) is 0 Å². The number of nitrogens with zero attached hydrogens (tertiary/aromatic N) is 6. The van der Waals surface area contributed by atoms with E-state index in [2.05, 4.69) is 30.7 Å². The Morgan fingerprint density at radius 2 is 2.10 bits per heavy atom. The van der Waals surface area contributed by atoms with Crippen LogP contribution in [0.4, 0.5) is 11.9 Å². The average Bonchev–Trinajstić information content (AvgIpc) is 3.01. The van der Waals surface area contributed by atoms with E-state index >= 15 is 0 Å². The van der Waals surface area contributed by atoms with Crippen molar-refractivity contribution in [1.29, 1.82) is 0 Å². The molecule has 112 valence electrons. The summed E-state index contributed by atoms with van der Waals surface area (Å²) in [6.07, 6.45) is 5.22. The number of hydrogen-bond acceptors (Lipinski definition) is 8. The first-order chi connectivity index (χ1) is 10.1. The first-order valence-corrected chi connectivity index (χ1v) is 6.25. The maximum Gasteiger partial charge on any atom is 0.243 e. The molecule has 10 heteroatoms. The van der Waals surface area contributed by atoms with E-state index in [1.165, 1.54) is 4.90 Å². The van der Waals surface area contributed by atoms with E-state index in [4.69, 9.17) is 5.84 Å². The summed E-state index contributed by atoms with van der Waals surface area (Å²) in [7, 11) is 3.41. The standard InChI is InChI=1S/C11H17N9O/c1-19(2)8(21)3-4-14-9-15-10(18-12)17-11(16-9)20-6-5-13-7-20/h5-7H,3-4,12H2,1-2H3,(H2,14,15,16,17,18). The Bertz CT molecular complexity index is 596. The van der Waals surface area contributed by atoms with Crippen LogP contribution in [0.5, 0.6) is 0 Å². The quantitative estimate of drug-likeness (QED) is 0.468. The van der Waals surface area contributed by atoms with Crippen LogP contribution in [0.2, 0.25) is 0 Å². The Labute approximate surface area is 121 Å². The fraction of sp³-hybridized carbons (Fsp3) is 0.364. The fourth-order valence-corrected chi connectivity index (χ4v) is 1.51. The van der Waals surface area contributed by atoms with E-state index in [1.54, 1.807) is 37.4 Å². The second-order valence-corrected chi connectivity index (χ2v) is 4.36. The van der Waals surface area contributed by atoms with Crippen molar-refractivity contribution in [3.8, 4) is 5.95 Å². The van der Waals surface area contributed by atoms with Gasteiger partial charge in [0.2, 0.25) is 23.8 Å². The molecule has 2 aromatic heterocycles. The van der Waals surface area contributed by atoms with E-state index in [1.807, 2.05) is 0 Å². The lowest BCUT2D eigenvalue weighted by atomic mass is 10.4. The van der Waals surface area contributed by atoms with Crippen molar-refractivity contribution in [2.75, 3.05) is 31.4 Å². The normalized spacial score (nSPS) is 10.2. The van der Waals surface area contributed by atoms with Crippen molar-refractivity contribution < 1.29 is 4.79 Å². The van der Waals surface area contributed by atoms with Crippen LogP contribution in [-0.2, 0) is 4.79 Å². The van der Waals surface area contributed by atoms with Gasteiger partial charge in [0, 0.05) is 39.5 Å². The van der Waals surface area contributed by atoms with Crippen LogP contribution >= 0.6 is 0 Å². The molecule has 0 aromatic carbocycles. The van der Waals surface area contributed by atoms with Crippen LogP contribution in [0.3, 0.4) is 0 Å². The number of hydrogen-bond donors (Lipinski definition) is 3. The fourth-order valence-electron chi connectivity index (χ4n) is 1.51. The number of carbonyl (C=O) groups is 1. The molecule has 0 atom stereocenters. The second-order valence-electron chi connectivity index (χ2n) is 4.36. The molecule has 2 heterocycles. The van der Waals surface area contributed by atoms with Gasteiger partial charge >= 0.3 is 0 Å². The molecule has 0 saturated carbocycles. The summed E-state index contributed by atoms with van der Waals surface area (Å²) in [5.74, 6) is 6.28. The van der Waals surface area contributed by atoms with Crippen LogP contribution in [0.15, 0.2) is 18.7 Å². The maximum atomic E-state index is 11.5. The molecule has 0 bridgehead atoms. The monoisotopic (exact) mass is 291 g/mol. The Balaban J connectivity index is 2.09. The van der Waals surface area contributed by atoms with E-state index in [0.29, 0.717) is 24.9 Å². The third-order valence-electron chi connectivity index (χ3n) is 2.61. The minimum absolute atomic E-state index is 0.0172. The van der Waals surface area contributed by atoms with Gasteiger partial charge in [0.15, 0.2) is 0 Å². The molecule has 0 saturated heterocycles. The zero-order valence-electron chi connectivity index (χ0n) is 11.8. The molecule has 0 unspecified atom stereocenters. The van der Waals surface area contributed by atoms with Crippen LogP contribution in [-0.4, -0.2) is 56.0 Å². The molecular formula is C11H17N9O. The molecule has 1 amide bonds. The summed E-state index contributed by atoms with van der Waals surface area (Å²) in [6, 6.07) is 0. The van der Waals surface area contributed by atoms with Gasteiger partial charge in [-0.25, -0.2) is 10.8 Å². The van der Waals surface area contributed by atoms with Crippen LogP contribution < -0.4 is 16.6 Å². The van der Waals surface area contributed by atoms with Crippen molar-refractivity contribution in [2.45, 2.75) is 6.42 Å². The van der Waals surface area contributed by atoms with Crippen molar-refractivity contribution >= 4 is 17.8 Å². The summed E-state index contributed by atoms with van der Waals surface area (Å²) in [5, 5.41) is 2.97. The number of imidazole rings is 1. The average molecular weight is 291 g/mol. The van der Waals surface area contributed by atoms with Gasteiger partial charge in [-0.15, -0.1) is 0 Å². The highest BCUT2D eigenvalue weighted by molar-refractivity contribution is 5.76. The molecule has 4 N–H and O–H groups in total. The second kappa shape index (κ2) is 6.61. The van der Waals surface area contributed by atoms with E-state index in [-0.39, 0.29) is 11.9 Å². The van der Waals surface area contributed by atoms with E-state index < -0.39 is 0 Å². The summed E-state index contributed by atoms with van der Waals surface area (Å²) in [6.45, 7) is 0.411. The van der Waals surface area contributed by atoms with Crippen molar-refractivity contribution in [2.24, 2.45) is 5.84 Å².